The minimum atomic E-state index is -0.189. The fourth-order valence-electron chi connectivity index (χ4n) is 3.61. The summed E-state index contributed by atoms with van der Waals surface area (Å²) < 4.78 is 18.7. The van der Waals surface area contributed by atoms with Gasteiger partial charge in [-0.25, -0.2) is 14.4 Å². The number of piperazine rings is 1. The van der Waals surface area contributed by atoms with Crippen LogP contribution < -0.4 is 10.2 Å². The van der Waals surface area contributed by atoms with Crippen LogP contribution in [0.25, 0.3) is 0 Å². The third kappa shape index (κ3) is 4.93. The lowest BCUT2D eigenvalue weighted by Crippen LogP contribution is -2.46. The van der Waals surface area contributed by atoms with Gasteiger partial charge in [0.25, 0.3) is 0 Å². The van der Waals surface area contributed by atoms with Crippen LogP contribution in [0.2, 0.25) is 0 Å². The van der Waals surface area contributed by atoms with Crippen molar-refractivity contribution in [1.82, 2.24) is 14.9 Å². The van der Waals surface area contributed by atoms with Crippen LogP contribution in [0.5, 0.6) is 0 Å². The van der Waals surface area contributed by atoms with E-state index in [-0.39, 0.29) is 11.9 Å². The number of nitrogens with zero attached hydrogens (tertiary/aromatic N) is 4. The van der Waals surface area contributed by atoms with E-state index in [9.17, 15) is 4.39 Å². The number of anilines is 2. The lowest BCUT2D eigenvalue weighted by molar-refractivity contribution is 0.120. The minimum absolute atomic E-state index is 0.189. The van der Waals surface area contributed by atoms with Crippen molar-refractivity contribution in [2.75, 3.05) is 49.5 Å². The highest BCUT2D eigenvalue weighted by atomic mass is 19.1. The van der Waals surface area contributed by atoms with Crippen molar-refractivity contribution in [2.24, 2.45) is 0 Å². The van der Waals surface area contributed by atoms with Crippen molar-refractivity contribution in [2.45, 2.75) is 25.5 Å². The highest BCUT2D eigenvalue weighted by molar-refractivity contribution is 5.46. The van der Waals surface area contributed by atoms with Gasteiger partial charge in [0, 0.05) is 69.5 Å². The maximum atomic E-state index is 13.1. The van der Waals surface area contributed by atoms with E-state index in [4.69, 9.17) is 4.74 Å². The standard InChI is InChI=1S/C20H26FN5O/c21-17-3-5-18(6-4-17)26-9-7-25(8-10-26)15-16-12-22-20(23-13-16)24-14-19-2-1-11-27-19/h3-6,12-13,19H,1-2,7-11,14-15H2,(H,22,23,24). The largest absolute Gasteiger partial charge is 0.376 e. The van der Waals surface area contributed by atoms with E-state index in [2.05, 4.69) is 25.1 Å². The van der Waals surface area contributed by atoms with Crippen LogP contribution in [0.1, 0.15) is 18.4 Å². The van der Waals surface area contributed by atoms with Crippen LogP contribution in [0.4, 0.5) is 16.0 Å². The van der Waals surface area contributed by atoms with Gasteiger partial charge in [-0.05, 0) is 37.1 Å². The summed E-state index contributed by atoms with van der Waals surface area (Å²) in [5.41, 5.74) is 2.20. The molecule has 7 heteroatoms. The van der Waals surface area contributed by atoms with Crippen LogP contribution >= 0.6 is 0 Å². The molecule has 2 fully saturated rings. The maximum absolute atomic E-state index is 13.1. The van der Waals surface area contributed by atoms with Crippen LogP contribution in [0.3, 0.4) is 0 Å². The van der Waals surface area contributed by atoms with Gasteiger partial charge in [0.05, 0.1) is 6.10 Å². The Morgan fingerprint density at radius 2 is 1.81 bits per heavy atom. The van der Waals surface area contributed by atoms with Crippen LogP contribution in [0, 0.1) is 5.82 Å². The molecule has 2 aliphatic heterocycles. The van der Waals surface area contributed by atoms with Gasteiger partial charge >= 0.3 is 0 Å². The fraction of sp³-hybridized carbons (Fsp3) is 0.500. The summed E-state index contributed by atoms with van der Waals surface area (Å²) in [4.78, 5) is 13.5. The molecule has 0 aliphatic carbocycles. The molecule has 0 spiro atoms. The van der Waals surface area contributed by atoms with Crippen molar-refractivity contribution in [1.29, 1.82) is 0 Å². The summed E-state index contributed by atoms with van der Waals surface area (Å²) in [6.45, 7) is 6.29. The third-order valence-electron chi connectivity index (χ3n) is 5.19. The molecule has 1 atom stereocenters. The van der Waals surface area contributed by atoms with Crippen LogP contribution in [-0.2, 0) is 11.3 Å². The second-order valence-electron chi connectivity index (χ2n) is 7.17. The number of aromatic nitrogens is 2. The molecule has 2 aliphatic rings. The molecular formula is C20H26FN5O. The molecule has 144 valence electrons. The summed E-state index contributed by atoms with van der Waals surface area (Å²) in [6, 6.07) is 6.74. The Hall–Kier alpha value is -2.25. The second kappa shape index (κ2) is 8.63. The average Bonchev–Trinajstić information content (AvgIpc) is 3.22. The molecule has 1 N–H and O–H groups in total. The first-order valence-corrected chi connectivity index (χ1v) is 9.65. The molecular weight excluding hydrogens is 345 g/mol. The summed E-state index contributed by atoms with van der Waals surface area (Å²) in [7, 11) is 0. The summed E-state index contributed by atoms with van der Waals surface area (Å²) >= 11 is 0. The monoisotopic (exact) mass is 371 g/mol. The Morgan fingerprint density at radius 1 is 1.07 bits per heavy atom. The molecule has 27 heavy (non-hydrogen) atoms. The molecule has 6 nitrogen and oxygen atoms in total. The number of rotatable bonds is 6. The number of ether oxygens (including phenoxy) is 1. The van der Waals surface area contributed by atoms with Crippen molar-refractivity contribution >= 4 is 11.6 Å². The topological polar surface area (TPSA) is 53.5 Å². The molecule has 1 aromatic carbocycles. The average molecular weight is 371 g/mol. The zero-order valence-electron chi connectivity index (χ0n) is 15.5. The maximum Gasteiger partial charge on any atom is 0.222 e. The van der Waals surface area contributed by atoms with Crippen molar-refractivity contribution < 1.29 is 9.13 Å². The fourth-order valence-corrected chi connectivity index (χ4v) is 3.61. The van der Waals surface area contributed by atoms with Gasteiger partial charge in [-0.15, -0.1) is 0 Å². The van der Waals surface area contributed by atoms with Gasteiger partial charge in [0.2, 0.25) is 5.95 Å². The van der Waals surface area contributed by atoms with Crippen molar-refractivity contribution in [3.63, 3.8) is 0 Å². The van der Waals surface area contributed by atoms with E-state index in [0.29, 0.717) is 5.95 Å². The van der Waals surface area contributed by atoms with E-state index < -0.39 is 0 Å². The summed E-state index contributed by atoms with van der Waals surface area (Å²) in [5, 5.41) is 3.25. The van der Waals surface area contributed by atoms with Gasteiger partial charge in [-0.2, -0.15) is 0 Å². The first-order chi connectivity index (χ1) is 13.3. The SMILES string of the molecule is Fc1ccc(N2CCN(Cc3cnc(NCC4CCCO4)nc3)CC2)cc1. The van der Waals surface area contributed by atoms with Crippen molar-refractivity contribution in [3.05, 3.63) is 48.0 Å². The summed E-state index contributed by atoms with van der Waals surface area (Å²) in [6.07, 6.45) is 6.33. The summed E-state index contributed by atoms with van der Waals surface area (Å²) in [5.74, 6) is 0.474. The Balaban J connectivity index is 1.23. The van der Waals surface area contributed by atoms with Crippen LogP contribution in [-0.4, -0.2) is 60.3 Å². The number of nitrogens with one attached hydrogen (secondary N) is 1. The molecule has 4 rings (SSSR count). The molecule has 1 aromatic heterocycles. The van der Waals surface area contributed by atoms with E-state index in [0.717, 1.165) is 70.0 Å². The molecule has 0 radical (unpaired) electrons. The highest BCUT2D eigenvalue weighted by Crippen LogP contribution is 2.18. The predicted octanol–water partition coefficient (Wildman–Crippen LogP) is 2.53. The Kier molecular flexibility index (Phi) is 5.79. The Bertz CT molecular complexity index is 710. The number of benzene rings is 1. The van der Waals surface area contributed by atoms with Gasteiger partial charge in [-0.3, -0.25) is 4.90 Å². The normalized spacial score (nSPS) is 20.8. The molecule has 0 bridgehead atoms. The third-order valence-corrected chi connectivity index (χ3v) is 5.19. The number of halogens is 1. The quantitative estimate of drug-likeness (QED) is 0.842. The first-order valence-electron chi connectivity index (χ1n) is 9.65. The molecule has 0 amide bonds. The number of hydrogen-bond acceptors (Lipinski definition) is 6. The zero-order valence-corrected chi connectivity index (χ0v) is 15.5. The van der Waals surface area contributed by atoms with E-state index in [1.165, 1.54) is 12.1 Å². The molecule has 0 saturated carbocycles. The molecule has 3 heterocycles. The lowest BCUT2D eigenvalue weighted by Gasteiger charge is -2.36. The molecule has 2 aromatic rings. The van der Waals surface area contributed by atoms with Gasteiger partial charge in [0.1, 0.15) is 5.82 Å². The number of hydrogen-bond donors (Lipinski definition) is 1. The van der Waals surface area contributed by atoms with E-state index >= 15 is 0 Å². The second-order valence-corrected chi connectivity index (χ2v) is 7.17. The lowest BCUT2D eigenvalue weighted by atomic mass is 10.2. The van der Waals surface area contributed by atoms with Crippen molar-refractivity contribution in [3.8, 4) is 0 Å². The first kappa shape index (κ1) is 18.1. The Morgan fingerprint density at radius 3 is 2.48 bits per heavy atom. The minimum Gasteiger partial charge on any atom is -0.376 e. The predicted molar refractivity (Wildman–Crippen MR) is 103 cm³/mol. The molecule has 2 saturated heterocycles. The Labute approximate surface area is 159 Å². The smallest absolute Gasteiger partial charge is 0.222 e. The van der Waals surface area contributed by atoms with E-state index in [1.54, 1.807) is 0 Å². The highest BCUT2D eigenvalue weighted by Gasteiger charge is 2.18. The van der Waals surface area contributed by atoms with Crippen LogP contribution in [0.15, 0.2) is 36.7 Å². The van der Waals surface area contributed by atoms with Gasteiger partial charge < -0.3 is 15.0 Å². The zero-order chi connectivity index (χ0) is 18.5. The van der Waals surface area contributed by atoms with Gasteiger partial charge in [0.15, 0.2) is 0 Å². The molecule has 1 unspecified atom stereocenters. The van der Waals surface area contributed by atoms with Gasteiger partial charge in [-0.1, -0.05) is 0 Å². The van der Waals surface area contributed by atoms with E-state index in [1.807, 2.05) is 24.5 Å².